The van der Waals surface area contributed by atoms with E-state index in [2.05, 4.69) is 155 Å². The SMILES string of the molecule is C1=CCCC(C2=CC=C(N(c3ccc(-c4ccc5c(c4)oc4ccccc45)cc3)c3cc4c5ccccc5n5c6ccccc6c(c3)c45)CC2)=C1. The Labute approximate surface area is 295 Å². The van der Waals surface area contributed by atoms with Gasteiger partial charge in [-0.1, -0.05) is 97.1 Å². The van der Waals surface area contributed by atoms with Gasteiger partial charge in [-0.15, -0.1) is 0 Å². The third-order valence-electron chi connectivity index (χ3n) is 11.1. The molecule has 0 fully saturated rings. The Morgan fingerprint density at radius 1 is 0.490 bits per heavy atom. The van der Waals surface area contributed by atoms with Gasteiger partial charge < -0.3 is 13.7 Å². The Kier molecular flexibility index (Phi) is 6.20. The van der Waals surface area contributed by atoms with Gasteiger partial charge >= 0.3 is 0 Å². The molecule has 0 aliphatic heterocycles. The first kappa shape index (κ1) is 28.5. The zero-order chi connectivity index (χ0) is 33.5. The Bertz CT molecular complexity index is 2880. The molecule has 3 nitrogen and oxygen atoms in total. The molecule has 0 N–H and O–H groups in total. The predicted octanol–water partition coefficient (Wildman–Crippen LogP) is 13.4. The van der Waals surface area contributed by atoms with Gasteiger partial charge in [0, 0.05) is 49.4 Å². The maximum atomic E-state index is 6.25. The van der Waals surface area contributed by atoms with Crippen LogP contribution in [0.2, 0.25) is 0 Å². The van der Waals surface area contributed by atoms with Crippen LogP contribution in [0.3, 0.4) is 0 Å². The quantitative estimate of drug-likeness (QED) is 0.184. The van der Waals surface area contributed by atoms with Crippen molar-refractivity contribution in [3.8, 4) is 11.1 Å². The molecule has 0 bridgehead atoms. The van der Waals surface area contributed by atoms with Crippen molar-refractivity contribution >= 4 is 71.4 Å². The van der Waals surface area contributed by atoms with Crippen molar-refractivity contribution in [3.63, 3.8) is 0 Å². The highest BCUT2D eigenvalue weighted by Crippen LogP contribution is 2.45. The van der Waals surface area contributed by atoms with Crippen molar-refractivity contribution in [2.24, 2.45) is 0 Å². The van der Waals surface area contributed by atoms with Crippen LogP contribution < -0.4 is 4.90 Å². The normalized spacial score (nSPS) is 15.0. The molecule has 51 heavy (non-hydrogen) atoms. The van der Waals surface area contributed by atoms with Gasteiger partial charge in [-0.2, -0.15) is 0 Å². The summed E-state index contributed by atoms with van der Waals surface area (Å²) in [5.41, 5.74) is 14.6. The fourth-order valence-electron chi connectivity index (χ4n) is 8.70. The Morgan fingerprint density at radius 2 is 1.16 bits per heavy atom. The van der Waals surface area contributed by atoms with Crippen LogP contribution in [0.5, 0.6) is 0 Å². The second-order valence-electron chi connectivity index (χ2n) is 14.0. The van der Waals surface area contributed by atoms with Gasteiger partial charge in [-0.3, -0.25) is 0 Å². The van der Waals surface area contributed by atoms with Crippen molar-refractivity contribution in [1.82, 2.24) is 4.40 Å². The first-order valence-corrected chi connectivity index (χ1v) is 18.0. The largest absolute Gasteiger partial charge is 0.456 e. The van der Waals surface area contributed by atoms with Crippen molar-refractivity contribution in [2.45, 2.75) is 25.7 Å². The van der Waals surface area contributed by atoms with E-state index in [9.17, 15) is 0 Å². The monoisotopic (exact) mass is 654 g/mol. The number of aromatic nitrogens is 1. The Morgan fingerprint density at radius 3 is 1.86 bits per heavy atom. The van der Waals surface area contributed by atoms with Gasteiger partial charge in [-0.25, -0.2) is 0 Å². The summed E-state index contributed by atoms with van der Waals surface area (Å²) in [6.07, 6.45) is 15.8. The Balaban J connectivity index is 1.08. The lowest BCUT2D eigenvalue weighted by Crippen LogP contribution is -2.18. The number of nitrogens with zero attached hydrogens (tertiary/aromatic N) is 2. The molecule has 0 spiro atoms. The minimum Gasteiger partial charge on any atom is -0.456 e. The molecule has 0 radical (unpaired) electrons. The first-order chi connectivity index (χ1) is 25.3. The number of allylic oxidation sites excluding steroid dienone is 8. The molecule has 242 valence electrons. The summed E-state index contributed by atoms with van der Waals surface area (Å²) in [4.78, 5) is 2.50. The van der Waals surface area contributed by atoms with E-state index in [1.807, 2.05) is 12.1 Å². The molecule has 2 aliphatic carbocycles. The molecule has 11 rings (SSSR count). The topological polar surface area (TPSA) is 20.8 Å². The summed E-state index contributed by atoms with van der Waals surface area (Å²) in [7, 11) is 0. The van der Waals surface area contributed by atoms with Crippen molar-refractivity contribution in [1.29, 1.82) is 0 Å². The van der Waals surface area contributed by atoms with Gasteiger partial charge in [0.15, 0.2) is 0 Å². The molecule has 3 aromatic heterocycles. The average molecular weight is 655 g/mol. The number of hydrogen-bond acceptors (Lipinski definition) is 2. The van der Waals surface area contributed by atoms with Gasteiger partial charge in [0.2, 0.25) is 0 Å². The number of para-hydroxylation sites is 3. The second kappa shape index (κ2) is 11.1. The number of furan rings is 1. The van der Waals surface area contributed by atoms with Gasteiger partial charge in [0.25, 0.3) is 0 Å². The molecule has 0 atom stereocenters. The van der Waals surface area contributed by atoms with Crippen LogP contribution in [0.25, 0.3) is 71.2 Å². The van der Waals surface area contributed by atoms with Crippen LogP contribution in [-0.2, 0) is 0 Å². The summed E-state index contributed by atoms with van der Waals surface area (Å²) in [5, 5.41) is 7.48. The van der Waals surface area contributed by atoms with E-state index in [0.29, 0.717) is 0 Å². The minimum atomic E-state index is 0.920. The van der Waals surface area contributed by atoms with Crippen LogP contribution >= 0.6 is 0 Å². The second-order valence-corrected chi connectivity index (χ2v) is 14.0. The molecule has 3 heterocycles. The van der Waals surface area contributed by atoms with Crippen molar-refractivity contribution in [3.05, 3.63) is 175 Å². The molecule has 2 aliphatic rings. The van der Waals surface area contributed by atoms with Gasteiger partial charge in [0.1, 0.15) is 11.2 Å². The van der Waals surface area contributed by atoms with Crippen LogP contribution in [0, 0.1) is 0 Å². The molecular formula is C48H34N2O. The first-order valence-electron chi connectivity index (χ1n) is 18.0. The number of anilines is 2. The van der Waals surface area contributed by atoms with E-state index < -0.39 is 0 Å². The van der Waals surface area contributed by atoms with Crippen LogP contribution in [0.1, 0.15) is 25.7 Å². The van der Waals surface area contributed by atoms with E-state index in [1.54, 1.807) is 0 Å². The molecule has 0 amide bonds. The number of fused-ring (bicyclic) bond motifs is 9. The van der Waals surface area contributed by atoms with Gasteiger partial charge in [-0.05, 0) is 109 Å². The molecule has 3 heteroatoms. The summed E-state index contributed by atoms with van der Waals surface area (Å²) in [6.45, 7) is 0. The molecule has 0 saturated heterocycles. The lowest BCUT2D eigenvalue weighted by molar-refractivity contribution is 0.669. The summed E-state index contributed by atoms with van der Waals surface area (Å²) >= 11 is 0. The van der Waals surface area contributed by atoms with E-state index in [-0.39, 0.29) is 0 Å². The maximum absolute atomic E-state index is 6.25. The fourth-order valence-corrected chi connectivity index (χ4v) is 8.70. The van der Waals surface area contributed by atoms with Gasteiger partial charge in [0.05, 0.1) is 16.6 Å². The molecule has 0 unspecified atom stereocenters. The summed E-state index contributed by atoms with van der Waals surface area (Å²) in [5.74, 6) is 0. The zero-order valence-corrected chi connectivity index (χ0v) is 28.1. The zero-order valence-electron chi connectivity index (χ0n) is 28.1. The number of benzene rings is 6. The van der Waals surface area contributed by atoms with Crippen LogP contribution in [-0.4, -0.2) is 4.40 Å². The van der Waals surface area contributed by atoms with E-state index in [0.717, 1.165) is 58.9 Å². The lowest BCUT2D eigenvalue weighted by atomic mass is 9.90. The number of hydrogen-bond donors (Lipinski definition) is 0. The highest BCUT2D eigenvalue weighted by Gasteiger charge is 2.23. The van der Waals surface area contributed by atoms with Crippen LogP contribution in [0.4, 0.5) is 11.4 Å². The van der Waals surface area contributed by atoms with Crippen molar-refractivity contribution < 1.29 is 4.42 Å². The molecule has 9 aromatic rings. The highest BCUT2D eigenvalue weighted by molar-refractivity contribution is 6.24. The summed E-state index contributed by atoms with van der Waals surface area (Å²) < 4.78 is 8.70. The van der Waals surface area contributed by atoms with Crippen LogP contribution in [0.15, 0.2) is 179 Å². The molecular weight excluding hydrogens is 621 g/mol. The summed E-state index contributed by atoms with van der Waals surface area (Å²) in [6, 6.07) is 46.5. The standard InChI is InChI=1S/C48H34N2O/c1-2-10-31(11-3-1)32-18-23-35(24-19-32)49(36-25-20-33(21-26-36)34-22-27-41-40-14-6-9-17-46(40)51-47(41)28-34)37-29-42-38-12-4-7-15-44(38)50-45-16-8-5-13-39(45)43(30-37)48(42)50/h1-2,4-10,12-18,20-23,25-30H,3,11,19,24H2. The smallest absolute Gasteiger partial charge is 0.136 e. The highest BCUT2D eigenvalue weighted by atomic mass is 16.3. The predicted molar refractivity (Wildman–Crippen MR) is 214 cm³/mol. The molecule has 6 aromatic carbocycles. The van der Waals surface area contributed by atoms with E-state index >= 15 is 0 Å². The number of rotatable bonds is 5. The van der Waals surface area contributed by atoms with Crippen molar-refractivity contribution in [2.75, 3.05) is 4.90 Å². The lowest BCUT2D eigenvalue weighted by Gasteiger charge is -2.31. The Hall–Kier alpha value is -6.32. The average Bonchev–Trinajstić information content (AvgIpc) is 3.85. The molecule has 0 saturated carbocycles. The maximum Gasteiger partial charge on any atom is 0.136 e. The van der Waals surface area contributed by atoms with E-state index in [1.165, 1.54) is 66.2 Å². The third-order valence-corrected chi connectivity index (χ3v) is 11.1. The van der Waals surface area contributed by atoms with E-state index in [4.69, 9.17) is 4.42 Å². The third kappa shape index (κ3) is 4.38. The fraction of sp³-hybridized carbons (Fsp3) is 0.0833. The minimum absolute atomic E-state index is 0.920.